The summed E-state index contributed by atoms with van der Waals surface area (Å²) < 4.78 is 2.09. The van der Waals surface area contributed by atoms with Crippen LogP contribution in [0.5, 0.6) is 0 Å². The maximum absolute atomic E-state index is 12.1. The number of aryl methyl sites for hydroxylation is 2. The van der Waals surface area contributed by atoms with Crippen LogP contribution in [0.25, 0.3) is 5.69 Å². The molecule has 1 heterocycles. The molecule has 0 saturated carbocycles. The molecule has 0 atom stereocenters. The van der Waals surface area contributed by atoms with Crippen molar-refractivity contribution >= 4 is 35.5 Å². The Labute approximate surface area is 181 Å². The Morgan fingerprint density at radius 2 is 1.86 bits per heavy atom. The second-order valence-electron chi connectivity index (χ2n) is 6.83. The summed E-state index contributed by atoms with van der Waals surface area (Å²) in [7, 11) is 0. The van der Waals surface area contributed by atoms with Crippen LogP contribution in [0.4, 0.5) is 0 Å². The number of hydrogen-bond acceptors (Lipinski definition) is 3. The SMILES string of the molecule is Cc1ccccc1CSCC(=O)N/N=C\c1cc(C)n(-c2ccccc2Cl)c1C. The van der Waals surface area contributed by atoms with Crippen molar-refractivity contribution in [2.45, 2.75) is 26.5 Å². The number of halogens is 1. The molecule has 0 bridgehead atoms. The van der Waals surface area contributed by atoms with Gasteiger partial charge in [0.15, 0.2) is 0 Å². The van der Waals surface area contributed by atoms with Crippen LogP contribution in [0.2, 0.25) is 5.02 Å². The zero-order chi connectivity index (χ0) is 20.8. The van der Waals surface area contributed by atoms with Gasteiger partial charge < -0.3 is 4.57 Å². The molecule has 150 valence electrons. The number of benzene rings is 2. The lowest BCUT2D eigenvalue weighted by atomic mass is 10.1. The lowest BCUT2D eigenvalue weighted by molar-refractivity contribution is -0.118. The van der Waals surface area contributed by atoms with E-state index in [0.29, 0.717) is 10.8 Å². The van der Waals surface area contributed by atoms with E-state index >= 15 is 0 Å². The molecular formula is C23H24ClN3OS. The molecular weight excluding hydrogens is 402 g/mol. The predicted octanol–water partition coefficient (Wildman–Crippen LogP) is 5.44. The molecule has 2 aromatic carbocycles. The van der Waals surface area contributed by atoms with E-state index < -0.39 is 0 Å². The van der Waals surface area contributed by atoms with Crippen LogP contribution in [0, 0.1) is 20.8 Å². The third-order valence-electron chi connectivity index (χ3n) is 4.71. The van der Waals surface area contributed by atoms with Crippen molar-refractivity contribution in [3.63, 3.8) is 0 Å². The fraction of sp³-hybridized carbons (Fsp3) is 0.217. The smallest absolute Gasteiger partial charge is 0.250 e. The van der Waals surface area contributed by atoms with Crippen LogP contribution < -0.4 is 5.43 Å². The van der Waals surface area contributed by atoms with Crippen molar-refractivity contribution in [3.05, 3.63) is 87.7 Å². The van der Waals surface area contributed by atoms with Gasteiger partial charge in [0.2, 0.25) is 5.91 Å². The van der Waals surface area contributed by atoms with E-state index in [4.69, 9.17) is 11.6 Å². The van der Waals surface area contributed by atoms with Crippen LogP contribution in [-0.2, 0) is 10.5 Å². The first-order valence-corrected chi connectivity index (χ1v) is 10.9. The highest BCUT2D eigenvalue weighted by Gasteiger charge is 2.11. The molecule has 3 aromatic rings. The summed E-state index contributed by atoms with van der Waals surface area (Å²) in [6, 6.07) is 18.0. The van der Waals surface area contributed by atoms with Crippen LogP contribution >= 0.6 is 23.4 Å². The number of carbonyl (C=O) groups excluding carboxylic acids is 1. The Morgan fingerprint density at radius 1 is 1.14 bits per heavy atom. The summed E-state index contributed by atoms with van der Waals surface area (Å²) in [6.07, 6.45) is 1.68. The minimum absolute atomic E-state index is 0.111. The largest absolute Gasteiger partial charge is 0.316 e. The van der Waals surface area contributed by atoms with E-state index in [9.17, 15) is 4.79 Å². The van der Waals surface area contributed by atoms with Gasteiger partial charge in [0.25, 0.3) is 0 Å². The Balaban J connectivity index is 1.58. The molecule has 3 rings (SSSR count). The van der Waals surface area contributed by atoms with Crippen molar-refractivity contribution in [3.8, 4) is 5.69 Å². The minimum Gasteiger partial charge on any atom is -0.316 e. The molecule has 6 heteroatoms. The fourth-order valence-electron chi connectivity index (χ4n) is 3.15. The van der Waals surface area contributed by atoms with Gasteiger partial charge in [-0.2, -0.15) is 5.10 Å². The van der Waals surface area contributed by atoms with Crippen molar-refractivity contribution < 1.29 is 4.79 Å². The topological polar surface area (TPSA) is 46.4 Å². The van der Waals surface area contributed by atoms with E-state index in [0.717, 1.165) is 28.4 Å². The molecule has 29 heavy (non-hydrogen) atoms. The van der Waals surface area contributed by atoms with Crippen molar-refractivity contribution in [2.24, 2.45) is 5.10 Å². The van der Waals surface area contributed by atoms with E-state index in [1.807, 2.05) is 56.3 Å². The highest BCUT2D eigenvalue weighted by atomic mass is 35.5. The fourth-order valence-corrected chi connectivity index (χ4v) is 4.27. The Kier molecular flexibility index (Phi) is 7.18. The summed E-state index contributed by atoms with van der Waals surface area (Å²) in [5, 5.41) is 4.82. The summed E-state index contributed by atoms with van der Waals surface area (Å²) in [5.41, 5.74) is 9.05. The molecule has 0 aliphatic rings. The predicted molar refractivity (Wildman–Crippen MR) is 123 cm³/mol. The van der Waals surface area contributed by atoms with Gasteiger partial charge in [0, 0.05) is 22.7 Å². The van der Waals surface area contributed by atoms with Gasteiger partial charge >= 0.3 is 0 Å². The molecule has 0 radical (unpaired) electrons. The second-order valence-corrected chi connectivity index (χ2v) is 8.22. The number of hydrogen-bond donors (Lipinski definition) is 1. The van der Waals surface area contributed by atoms with Crippen LogP contribution in [0.1, 0.15) is 28.1 Å². The lowest BCUT2D eigenvalue weighted by Crippen LogP contribution is -2.19. The van der Waals surface area contributed by atoms with E-state index in [1.165, 1.54) is 11.1 Å². The van der Waals surface area contributed by atoms with E-state index in [2.05, 4.69) is 34.2 Å². The summed E-state index contributed by atoms with van der Waals surface area (Å²) in [4.78, 5) is 12.1. The molecule has 0 spiro atoms. The van der Waals surface area contributed by atoms with Crippen molar-refractivity contribution in [1.29, 1.82) is 0 Å². The van der Waals surface area contributed by atoms with Crippen molar-refractivity contribution in [1.82, 2.24) is 9.99 Å². The quantitative estimate of drug-likeness (QED) is 0.404. The number of hydrazone groups is 1. The van der Waals surface area contributed by atoms with Gasteiger partial charge in [-0.3, -0.25) is 4.79 Å². The third kappa shape index (κ3) is 5.31. The van der Waals surface area contributed by atoms with Gasteiger partial charge in [-0.05, 0) is 50.1 Å². The molecule has 0 aliphatic carbocycles. The zero-order valence-corrected chi connectivity index (χ0v) is 18.3. The van der Waals surface area contributed by atoms with Gasteiger partial charge in [0.1, 0.15) is 0 Å². The van der Waals surface area contributed by atoms with Crippen LogP contribution in [0.15, 0.2) is 59.7 Å². The van der Waals surface area contributed by atoms with Gasteiger partial charge in [-0.15, -0.1) is 11.8 Å². The summed E-state index contributed by atoms with van der Waals surface area (Å²) in [6.45, 7) is 6.12. The van der Waals surface area contributed by atoms with Gasteiger partial charge in [-0.1, -0.05) is 48.0 Å². The molecule has 0 fully saturated rings. The highest BCUT2D eigenvalue weighted by molar-refractivity contribution is 7.99. The molecule has 1 amide bonds. The monoisotopic (exact) mass is 425 g/mol. The average molecular weight is 426 g/mol. The number of para-hydroxylation sites is 1. The third-order valence-corrected chi connectivity index (χ3v) is 6.01. The Hall–Kier alpha value is -2.50. The van der Waals surface area contributed by atoms with Crippen LogP contribution in [-0.4, -0.2) is 22.4 Å². The minimum atomic E-state index is -0.111. The molecule has 1 aromatic heterocycles. The number of rotatable bonds is 7. The first kappa shape index (κ1) is 21.2. The molecule has 4 nitrogen and oxygen atoms in total. The number of nitrogens with one attached hydrogen (secondary N) is 1. The average Bonchev–Trinajstić information content (AvgIpc) is 2.97. The second kappa shape index (κ2) is 9.81. The number of aromatic nitrogens is 1. The maximum Gasteiger partial charge on any atom is 0.250 e. The maximum atomic E-state index is 12.1. The molecule has 0 aliphatic heterocycles. The van der Waals surface area contributed by atoms with Crippen molar-refractivity contribution in [2.75, 3.05) is 5.75 Å². The number of carbonyl (C=O) groups is 1. The van der Waals surface area contributed by atoms with Gasteiger partial charge in [0.05, 0.1) is 22.7 Å². The first-order chi connectivity index (χ1) is 14.0. The zero-order valence-electron chi connectivity index (χ0n) is 16.8. The summed E-state index contributed by atoms with van der Waals surface area (Å²) >= 11 is 7.93. The molecule has 1 N–H and O–H groups in total. The van der Waals surface area contributed by atoms with E-state index in [-0.39, 0.29) is 5.91 Å². The van der Waals surface area contributed by atoms with Gasteiger partial charge in [-0.25, -0.2) is 5.43 Å². The standard InChI is InChI=1S/C23H24ClN3OS/c1-16-8-4-5-9-19(16)14-29-15-23(28)26-25-13-20-12-17(2)27(18(20)3)22-11-7-6-10-21(22)24/h4-13H,14-15H2,1-3H3,(H,26,28)/b25-13-. The number of nitrogens with zero attached hydrogens (tertiary/aromatic N) is 2. The number of thioether (sulfide) groups is 1. The number of amides is 1. The van der Waals surface area contributed by atoms with Crippen LogP contribution in [0.3, 0.4) is 0 Å². The Bertz CT molecular complexity index is 1040. The summed E-state index contributed by atoms with van der Waals surface area (Å²) in [5.74, 6) is 1.06. The molecule has 0 unspecified atom stereocenters. The normalized spacial score (nSPS) is 11.2. The lowest BCUT2D eigenvalue weighted by Gasteiger charge is -2.11. The van der Waals surface area contributed by atoms with E-state index in [1.54, 1.807) is 18.0 Å². The molecule has 0 saturated heterocycles. The first-order valence-electron chi connectivity index (χ1n) is 9.35. The Morgan fingerprint density at radius 3 is 2.62 bits per heavy atom. The highest BCUT2D eigenvalue weighted by Crippen LogP contribution is 2.25.